The van der Waals surface area contributed by atoms with Gasteiger partial charge < -0.3 is 15.0 Å². The van der Waals surface area contributed by atoms with Crippen LogP contribution in [0.2, 0.25) is 0 Å². The highest BCUT2D eigenvalue weighted by molar-refractivity contribution is 5.77. The van der Waals surface area contributed by atoms with Crippen LogP contribution in [0.1, 0.15) is 18.4 Å². The first-order chi connectivity index (χ1) is 12.7. The van der Waals surface area contributed by atoms with Gasteiger partial charge in [-0.3, -0.25) is 4.90 Å². The largest absolute Gasteiger partial charge is 0.494 e. The Bertz CT molecular complexity index is 853. The SMILES string of the molecule is COc1ccc(CN2CCC(Nc3nc4ccccc4[nH]3)CC2)cc1F. The number of likely N-dealkylation sites (tertiary alicyclic amines) is 1. The van der Waals surface area contributed by atoms with Crippen molar-refractivity contribution < 1.29 is 9.13 Å². The van der Waals surface area contributed by atoms with E-state index in [0.29, 0.717) is 11.8 Å². The molecule has 26 heavy (non-hydrogen) atoms. The number of nitrogens with one attached hydrogen (secondary N) is 2. The predicted molar refractivity (Wildman–Crippen MR) is 101 cm³/mol. The fraction of sp³-hybridized carbons (Fsp3) is 0.350. The number of benzene rings is 2. The summed E-state index contributed by atoms with van der Waals surface area (Å²) < 4.78 is 18.8. The van der Waals surface area contributed by atoms with Gasteiger partial charge in [-0.15, -0.1) is 0 Å². The van der Waals surface area contributed by atoms with Gasteiger partial charge in [0, 0.05) is 25.7 Å². The molecule has 4 rings (SSSR count). The summed E-state index contributed by atoms with van der Waals surface area (Å²) in [4.78, 5) is 10.3. The van der Waals surface area contributed by atoms with E-state index in [1.807, 2.05) is 30.3 Å². The molecule has 0 bridgehead atoms. The standard InChI is InChI=1S/C20H23FN4O/c1-26-19-7-6-14(12-16(19)21)13-25-10-8-15(9-11-25)22-20-23-17-4-2-3-5-18(17)24-20/h2-7,12,15H,8-11,13H2,1H3,(H2,22,23,24). The third-order valence-electron chi connectivity index (χ3n) is 4.94. The zero-order valence-electron chi connectivity index (χ0n) is 14.8. The Kier molecular flexibility index (Phi) is 4.75. The Balaban J connectivity index is 1.31. The number of ether oxygens (including phenoxy) is 1. The van der Waals surface area contributed by atoms with Gasteiger partial charge in [0.1, 0.15) is 0 Å². The third-order valence-corrected chi connectivity index (χ3v) is 4.94. The molecule has 3 aromatic rings. The average Bonchev–Trinajstić information content (AvgIpc) is 3.06. The molecule has 5 nitrogen and oxygen atoms in total. The van der Waals surface area contributed by atoms with E-state index in [9.17, 15) is 4.39 Å². The topological polar surface area (TPSA) is 53.2 Å². The van der Waals surface area contributed by atoms with Crippen molar-refractivity contribution in [1.82, 2.24) is 14.9 Å². The van der Waals surface area contributed by atoms with E-state index in [-0.39, 0.29) is 5.82 Å². The smallest absolute Gasteiger partial charge is 0.201 e. The first-order valence-corrected chi connectivity index (χ1v) is 8.97. The highest BCUT2D eigenvalue weighted by atomic mass is 19.1. The zero-order chi connectivity index (χ0) is 17.9. The molecule has 0 amide bonds. The molecule has 1 fully saturated rings. The minimum atomic E-state index is -0.300. The van der Waals surface area contributed by atoms with Crippen molar-refractivity contribution in [3.05, 3.63) is 53.8 Å². The zero-order valence-corrected chi connectivity index (χ0v) is 14.8. The van der Waals surface area contributed by atoms with E-state index in [0.717, 1.165) is 55.0 Å². The van der Waals surface area contributed by atoms with Gasteiger partial charge in [-0.2, -0.15) is 0 Å². The Morgan fingerprint density at radius 2 is 2.04 bits per heavy atom. The molecule has 0 unspecified atom stereocenters. The van der Waals surface area contributed by atoms with E-state index >= 15 is 0 Å². The van der Waals surface area contributed by atoms with Crippen LogP contribution in [0.3, 0.4) is 0 Å². The normalized spacial score (nSPS) is 16.1. The minimum absolute atomic E-state index is 0.294. The van der Waals surface area contributed by atoms with Crippen molar-refractivity contribution in [1.29, 1.82) is 0 Å². The third kappa shape index (κ3) is 3.65. The van der Waals surface area contributed by atoms with Gasteiger partial charge >= 0.3 is 0 Å². The van der Waals surface area contributed by atoms with E-state index in [2.05, 4.69) is 20.2 Å². The van der Waals surface area contributed by atoms with Crippen LogP contribution in [0.5, 0.6) is 5.75 Å². The lowest BCUT2D eigenvalue weighted by atomic mass is 10.0. The molecule has 2 N–H and O–H groups in total. The maximum atomic E-state index is 13.8. The highest BCUT2D eigenvalue weighted by Crippen LogP contribution is 2.22. The van der Waals surface area contributed by atoms with Crippen LogP contribution in [0.4, 0.5) is 10.3 Å². The lowest BCUT2D eigenvalue weighted by Gasteiger charge is -2.32. The number of hydrogen-bond donors (Lipinski definition) is 2. The molecule has 0 atom stereocenters. The van der Waals surface area contributed by atoms with Gasteiger partial charge in [0.15, 0.2) is 11.6 Å². The fourth-order valence-electron chi connectivity index (χ4n) is 3.52. The van der Waals surface area contributed by atoms with Crippen molar-refractivity contribution in [2.24, 2.45) is 0 Å². The number of anilines is 1. The number of methoxy groups -OCH3 is 1. The van der Waals surface area contributed by atoms with Gasteiger partial charge in [-0.25, -0.2) is 9.37 Å². The monoisotopic (exact) mass is 354 g/mol. The number of fused-ring (bicyclic) bond motifs is 1. The van der Waals surface area contributed by atoms with E-state index in [4.69, 9.17) is 4.74 Å². The summed E-state index contributed by atoms with van der Waals surface area (Å²) in [5.41, 5.74) is 3.01. The molecule has 1 aliphatic rings. The summed E-state index contributed by atoms with van der Waals surface area (Å²) in [6.07, 6.45) is 2.07. The van der Waals surface area contributed by atoms with E-state index in [1.54, 1.807) is 12.1 Å². The molecule has 0 saturated carbocycles. The molecular formula is C20H23FN4O. The number of aromatic amines is 1. The van der Waals surface area contributed by atoms with Crippen LogP contribution in [-0.2, 0) is 6.54 Å². The summed E-state index contributed by atoms with van der Waals surface area (Å²) >= 11 is 0. The van der Waals surface area contributed by atoms with Gasteiger partial charge in [0.05, 0.1) is 18.1 Å². The van der Waals surface area contributed by atoms with Crippen LogP contribution < -0.4 is 10.1 Å². The molecule has 1 saturated heterocycles. The summed E-state index contributed by atoms with van der Waals surface area (Å²) in [5, 5.41) is 3.51. The molecule has 2 aromatic carbocycles. The van der Waals surface area contributed by atoms with Crippen molar-refractivity contribution >= 4 is 17.0 Å². The van der Waals surface area contributed by atoms with Crippen LogP contribution >= 0.6 is 0 Å². The molecule has 0 spiro atoms. The maximum Gasteiger partial charge on any atom is 0.201 e. The van der Waals surface area contributed by atoms with E-state index in [1.165, 1.54) is 7.11 Å². The number of H-pyrrole nitrogens is 1. The molecule has 0 aliphatic carbocycles. The van der Waals surface area contributed by atoms with Crippen LogP contribution in [0, 0.1) is 5.82 Å². The summed E-state index contributed by atoms with van der Waals surface area (Å²) in [5.74, 6) is 0.829. The Hall–Kier alpha value is -2.60. The summed E-state index contributed by atoms with van der Waals surface area (Å²) in [6, 6.07) is 13.6. The second-order valence-electron chi connectivity index (χ2n) is 6.77. The van der Waals surface area contributed by atoms with Crippen LogP contribution in [0.15, 0.2) is 42.5 Å². The Labute approximate surface area is 152 Å². The Morgan fingerprint density at radius 1 is 1.23 bits per heavy atom. The average molecular weight is 354 g/mol. The fourth-order valence-corrected chi connectivity index (χ4v) is 3.52. The maximum absolute atomic E-state index is 13.8. The second kappa shape index (κ2) is 7.33. The molecule has 6 heteroatoms. The lowest BCUT2D eigenvalue weighted by Crippen LogP contribution is -2.38. The van der Waals surface area contributed by atoms with E-state index < -0.39 is 0 Å². The number of imidazole rings is 1. The summed E-state index contributed by atoms with van der Waals surface area (Å²) in [7, 11) is 1.48. The number of nitrogens with zero attached hydrogens (tertiary/aromatic N) is 2. The molecule has 1 aliphatic heterocycles. The van der Waals surface area contributed by atoms with Gasteiger partial charge in [-0.05, 0) is 42.7 Å². The number of halogens is 1. The quantitative estimate of drug-likeness (QED) is 0.732. The number of aromatic nitrogens is 2. The van der Waals surface area contributed by atoms with Crippen LogP contribution in [-0.4, -0.2) is 41.1 Å². The first kappa shape index (κ1) is 16.8. The number of rotatable bonds is 5. The molecular weight excluding hydrogens is 331 g/mol. The van der Waals surface area contributed by atoms with Crippen molar-refractivity contribution in [3.63, 3.8) is 0 Å². The molecule has 0 radical (unpaired) electrons. The number of piperidine rings is 1. The predicted octanol–water partition coefficient (Wildman–Crippen LogP) is 3.79. The van der Waals surface area contributed by atoms with Gasteiger partial charge in [-0.1, -0.05) is 18.2 Å². The minimum Gasteiger partial charge on any atom is -0.494 e. The first-order valence-electron chi connectivity index (χ1n) is 8.97. The van der Waals surface area contributed by atoms with Crippen molar-refractivity contribution in [2.45, 2.75) is 25.4 Å². The van der Waals surface area contributed by atoms with Gasteiger partial charge in [0.2, 0.25) is 5.95 Å². The lowest BCUT2D eigenvalue weighted by molar-refractivity contribution is 0.210. The molecule has 1 aromatic heterocycles. The highest BCUT2D eigenvalue weighted by Gasteiger charge is 2.20. The Morgan fingerprint density at radius 3 is 2.77 bits per heavy atom. The summed E-state index contributed by atoms with van der Waals surface area (Å²) in [6.45, 7) is 2.72. The number of para-hydroxylation sites is 2. The van der Waals surface area contributed by atoms with Gasteiger partial charge in [0.25, 0.3) is 0 Å². The number of hydrogen-bond acceptors (Lipinski definition) is 4. The molecule has 136 valence electrons. The second-order valence-corrected chi connectivity index (χ2v) is 6.77. The van der Waals surface area contributed by atoms with Crippen molar-refractivity contribution in [2.75, 3.05) is 25.5 Å². The molecule has 2 heterocycles. The van der Waals surface area contributed by atoms with Crippen LogP contribution in [0.25, 0.3) is 11.0 Å². The van der Waals surface area contributed by atoms with Crippen molar-refractivity contribution in [3.8, 4) is 5.75 Å².